The Morgan fingerprint density at radius 3 is 1.91 bits per heavy atom. The molecule has 5 rings (SSSR count). The number of thiol groups is 1. The van der Waals surface area contributed by atoms with Crippen molar-refractivity contribution in [1.82, 2.24) is 13.6 Å². The number of hydrogen-bond acceptors (Lipinski definition) is 8. The van der Waals surface area contributed by atoms with Crippen molar-refractivity contribution in [3.8, 4) is 0 Å². The highest BCUT2D eigenvalue weighted by Gasteiger charge is 2.48. The minimum absolute atomic E-state index is 0.175. The SMILES string of the molecule is O=C([C@@H]1C[C@@H](S)CN1S(=O)(=O)c1ccc2ccccc2c1)N(NS(=O)(=O)c1ccc(F)cc1)S(=O)(=O)c1ccc(F)cc1. The number of nitrogens with zero attached hydrogens (tertiary/aromatic N) is 2. The maximum absolute atomic E-state index is 14.0. The summed E-state index contributed by atoms with van der Waals surface area (Å²) in [6, 6.07) is 16.1. The number of carbonyl (C=O) groups is 1. The number of nitrogens with one attached hydrogen (secondary N) is 1. The zero-order valence-electron chi connectivity index (χ0n) is 21.9. The van der Waals surface area contributed by atoms with Crippen LogP contribution in [0.3, 0.4) is 0 Å². The van der Waals surface area contributed by atoms with Gasteiger partial charge in [-0.3, -0.25) is 4.79 Å². The highest BCUT2D eigenvalue weighted by molar-refractivity contribution is 7.92. The first kappa shape index (κ1) is 31.0. The van der Waals surface area contributed by atoms with E-state index in [1.165, 1.54) is 12.1 Å². The third-order valence-electron chi connectivity index (χ3n) is 6.73. The number of fused-ring (bicyclic) bond motifs is 1. The van der Waals surface area contributed by atoms with Crippen molar-refractivity contribution in [2.24, 2.45) is 0 Å². The lowest BCUT2D eigenvalue weighted by Crippen LogP contribution is -2.56. The van der Waals surface area contributed by atoms with Gasteiger partial charge in [-0.25, -0.2) is 25.6 Å². The zero-order chi connectivity index (χ0) is 31.2. The van der Waals surface area contributed by atoms with E-state index in [9.17, 15) is 38.8 Å². The molecule has 0 spiro atoms. The Morgan fingerprint density at radius 1 is 0.767 bits per heavy atom. The molecule has 43 heavy (non-hydrogen) atoms. The van der Waals surface area contributed by atoms with Gasteiger partial charge in [-0.2, -0.15) is 25.4 Å². The Balaban J connectivity index is 1.58. The van der Waals surface area contributed by atoms with E-state index in [0.29, 0.717) is 5.39 Å². The van der Waals surface area contributed by atoms with Gasteiger partial charge in [0.05, 0.1) is 14.7 Å². The Morgan fingerprint density at radius 2 is 1.30 bits per heavy atom. The second kappa shape index (κ2) is 11.6. The van der Waals surface area contributed by atoms with E-state index in [0.717, 1.165) is 58.2 Å². The van der Waals surface area contributed by atoms with Crippen LogP contribution in [0.25, 0.3) is 10.8 Å². The van der Waals surface area contributed by atoms with Gasteiger partial charge in [0.1, 0.15) is 17.7 Å². The molecule has 1 saturated heterocycles. The lowest BCUT2D eigenvalue weighted by molar-refractivity contribution is -0.130. The standard InChI is InChI=1S/C27H23F2N3O7S4/c28-20-6-11-23(12-7-20)41(34,35)30-32(43(38,39)24-13-8-21(29)9-14-24)27(33)26-16-22(40)17-31(26)42(36,37)25-10-5-18-3-1-2-4-19(18)15-25/h1-15,22,26,30,40H,16-17H2/t22-,26+/m1/s1. The second-order valence-electron chi connectivity index (χ2n) is 9.60. The fraction of sp³-hybridized carbons (Fsp3) is 0.148. The molecule has 0 radical (unpaired) electrons. The van der Waals surface area contributed by atoms with Gasteiger partial charge in [0, 0.05) is 11.8 Å². The number of halogens is 2. The molecule has 2 atom stereocenters. The van der Waals surface area contributed by atoms with Crippen molar-refractivity contribution in [2.75, 3.05) is 6.54 Å². The maximum atomic E-state index is 14.0. The predicted molar refractivity (Wildman–Crippen MR) is 156 cm³/mol. The molecular weight excluding hydrogens is 645 g/mol. The van der Waals surface area contributed by atoms with Crippen molar-refractivity contribution in [1.29, 1.82) is 0 Å². The molecule has 4 aromatic carbocycles. The number of carbonyl (C=O) groups excluding carboxylic acids is 1. The molecule has 0 bridgehead atoms. The van der Waals surface area contributed by atoms with Gasteiger partial charge in [0.15, 0.2) is 0 Å². The van der Waals surface area contributed by atoms with Crippen LogP contribution in [0, 0.1) is 11.6 Å². The zero-order valence-corrected chi connectivity index (χ0v) is 25.3. The fourth-order valence-corrected chi connectivity index (χ4v) is 9.38. The average Bonchev–Trinajstić information content (AvgIpc) is 3.38. The molecule has 1 amide bonds. The molecule has 1 aliphatic rings. The quantitative estimate of drug-likeness (QED) is 0.217. The Hall–Kier alpha value is -3.41. The van der Waals surface area contributed by atoms with Gasteiger partial charge in [-0.15, -0.1) is 9.25 Å². The summed E-state index contributed by atoms with van der Waals surface area (Å²) in [7, 11) is -14.4. The molecule has 1 heterocycles. The summed E-state index contributed by atoms with van der Waals surface area (Å²) in [5.41, 5.74) is 0. The van der Waals surface area contributed by atoms with Crippen LogP contribution in [0.4, 0.5) is 8.78 Å². The summed E-state index contributed by atoms with van der Waals surface area (Å²) in [6.07, 6.45) is -0.261. The van der Waals surface area contributed by atoms with E-state index in [-0.39, 0.29) is 22.3 Å². The van der Waals surface area contributed by atoms with Gasteiger partial charge < -0.3 is 0 Å². The van der Waals surface area contributed by atoms with Crippen molar-refractivity contribution in [2.45, 2.75) is 32.4 Å². The second-order valence-corrected chi connectivity index (χ2v) is 15.7. The number of amides is 1. The first-order valence-corrected chi connectivity index (χ1v) is 17.4. The molecule has 16 heteroatoms. The van der Waals surface area contributed by atoms with Gasteiger partial charge >= 0.3 is 0 Å². The van der Waals surface area contributed by atoms with Crippen molar-refractivity contribution >= 4 is 59.4 Å². The number of benzene rings is 4. The largest absolute Gasteiger partial charge is 0.281 e. The van der Waals surface area contributed by atoms with E-state index < -0.39 is 68.7 Å². The minimum atomic E-state index is -5.08. The van der Waals surface area contributed by atoms with E-state index in [4.69, 9.17) is 0 Å². The van der Waals surface area contributed by atoms with Gasteiger partial charge in [0.2, 0.25) is 10.0 Å². The molecule has 1 aliphatic heterocycles. The molecule has 0 aromatic heterocycles. The fourth-order valence-electron chi connectivity index (χ4n) is 4.57. The smallest absolute Gasteiger partial charge is 0.270 e. The summed E-state index contributed by atoms with van der Waals surface area (Å²) in [4.78, 5) is 14.3. The molecule has 10 nitrogen and oxygen atoms in total. The minimum Gasteiger partial charge on any atom is -0.270 e. The molecule has 226 valence electrons. The third-order valence-corrected chi connectivity index (χ3v) is 12.0. The Labute approximate surface area is 252 Å². The van der Waals surface area contributed by atoms with Crippen LogP contribution in [0.5, 0.6) is 0 Å². The molecular formula is C27H23F2N3O7S4. The Bertz CT molecular complexity index is 2030. The highest BCUT2D eigenvalue weighted by Crippen LogP contribution is 2.32. The molecule has 0 unspecified atom stereocenters. The summed E-state index contributed by atoms with van der Waals surface area (Å²) in [5, 5.41) is 0.642. The van der Waals surface area contributed by atoms with E-state index in [1.54, 1.807) is 35.2 Å². The van der Waals surface area contributed by atoms with E-state index >= 15 is 0 Å². The number of sulfonamides is 3. The first-order valence-electron chi connectivity index (χ1n) is 12.5. The van der Waals surface area contributed by atoms with Gasteiger partial charge in [-0.1, -0.05) is 30.3 Å². The third kappa shape index (κ3) is 6.16. The summed E-state index contributed by atoms with van der Waals surface area (Å²) >= 11 is 4.34. The summed E-state index contributed by atoms with van der Waals surface area (Å²) in [6.45, 7) is -0.288. The summed E-state index contributed by atoms with van der Waals surface area (Å²) < 4.78 is 109. The average molecular weight is 668 g/mol. The number of hydrazine groups is 1. The van der Waals surface area contributed by atoms with Crippen molar-refractivity contribution < 1.29 is 38.8 Å². The Kier molecular flexibility index (Phi) is 8.36. The lowest BCUT2D eigenvalue weighted by atomic mass is 10.1. The summed E-state index contributed by atoms with van der Waals surface area (Å²) in [5.74, 6) is -3.02. The van der Waals surface area contributed by atoms with Crippen LogP contribution in [0.1, 0.15) is 6.42 Å². The first-order chi connectivity index (χ1) is 20.2. The normalized spacial score (nSPS) is 18.1. The van der Waals surface area contributed by atoms with Gasteiger partial charge in [-0.05, 0) is 77.9 Å². The van der Waals surface area contributed by atoms with Crippen LogP contribution in [-0.4, -0.2) is 57.7 Å². The topological polar surface area (TPSA) is 138 Å². The van der Waals surface area contributed by atoms with E-state index in [2.05, 4.69) is 12.6 Å². The number of hydrogen-bond donors (Lipinski definition) is 2. The van der Waals surface area contributed by atoms with Crippen LogP contribution in [-0.2, 0) is 34.9 Å². The monoisotopic (exact) mass is 667 g/mol. The lowest BCUT2D eigenvalue weighted by Gasteiger charge is -2.29. The van der Waals surface area contributed by atoms with Crippen LogP contribution in [0.2, 0.25) is 0 Å². The van der Waals surface area contributed by atoms with Crippen LogP contribution >= 0.6 is 12.6 Å². The van der Waals surface area contributed by atoms with Crippen LogP contribution in [0.15, 0.2) is 106 Å². The molecule has 1 N–H and O–H groups in total. The van der Waals surface area contributed by atoms with Crippen LogP contribution < -0.4 is 4.83 Å². The molecule has 0 saturated carbocycles. The predicted octanol–water partition coefficient (Wildman–Crippen LogP) is 3.29. The van der Waals surface area contributed by atoms with Crippen molar-refractivity contribution in [3.63, 3.8) is 0 Å². The number of rotatable bonds is 8. The molecule has 0 aliphatic carbocycles. The molecule has 4 aromatic rings. The highest BCUT2D eigenvalue weighted by atomic mass is 32.2. The van der Waals surface area contributed by atoms with Gasteiger partial charge in [0.25, 0.3) is 26.0 Å². The van der Waals surface area contributed by atoms with E-state index in [1.807, 2.05) is 0 Å². The maximum Gasteiger partial charge on any atom is 0.281 e. The van der Waals surface area contributed by atoms with Crippen molar-refractivity contribution in [3.05, 3.63) is 103 Å². The molecule has 1 fully saturated rings.